The number of rotatable bonds is 2. The first kappa shape index (κ1) is 13.4. The smallest absolute Gasteiger partial charge is 0.232 e. The summed E-state index contributed by atoms with van der Waals surface area (Å²) in [5.41, 5.74) is 3.61. The fourth-order valence-corrected chi connectivity index (χ4v) is 2.53. The molecule has 0 radical (unpaired) electrons. The lowest BCUT2D eigenvalue weighted by Crippen LogP contribution is -1.99. The lowest BCUT2D eigenvalue weighted by atomic mass is 10.0. The molecule has 1 heterocycles. The Hall–Kier alpha value is -2.55. The molecule has 0 bridgehead atoms. The first-order valence-corrected chi connectivity index (χ1v) is 6.78. The van der Waals surface area contributed by atoms with Gasteiger partial charge in [0.25, 0.3) is 0 Å². The Bertz CT molecular complexity index is 740. The van der Waals surface area contributed by atoms with Gasteiger partial charge in [0.15, 0.2) is 5.76 Å². The lowest BCUT2D eigenvalue weighted by molar-refractivity contribution is 0.101. The number of carbonyl (C=O) groups is 1. The summed E-state index contributed by atoms with van der Waals surface area (Å²) in [5, 5.41) is 0. The summed E-state index contributed by atoms with van der Waals surface area (Å²) < 4.78 is 10.8. The van der Waals surface area contributed by atoms with Crippen LogP contribution in [0.25, 0.3) is 6.08 Å². The highest BCUT2D eigenvalue weighted by molar-refractivity contribution is 6.15. The monoisotopic (exact) mass is 280 g/mol. The number of benzene rings is 2. The van der Waals surface area contributed by atoms with Crippen LogP contribution in [0.1, 0.15) is 27.0 Å². The van der Waals surface area contributed by atoms with Crippen LogP contribution in [0.4, 0.5) is 0 Å². The van der Waals surface area contributed by atoms with Crippen molar-refractivity contribution in [2.24, 2.45) is 0 Å². The van der Waals surface area contributed by atoms with E-state index in [-0.39, 0.29) is 5.78 Å². The van der Waals surface area contributed by atoms with E-state index in [9.17, 15) is 4.79 Å². The number of aryl methyl sites for hydroxylation is 2. The highest BCUT2D eigenvalue weighted by atomic mass is 16.5. The third kappa shape index (κ3) is 2.42. The summed E-state index contributed by atoms with van der Waals surface area (Å²) in [6, 6.07) is 11.4. The molecule has 0 aliphatic carbocycles. The molecule has 2 aromatic carbocycles. The van der Waals surface area contributed by atoms with Crippen molar-refractivity contribution in [1.29, 1.82) is 0 Å². The molecule has 3 rings (SSSR count). The van der Waals surface area contributed by atoms with Crippen molar-refractivity contribution in [2.45, 2.75) is 13.8 Å². The van der Waals surface area contributed by atoms with E-state index in [4.69, 9.17) is 9.47 Å². The lowest BCUT2D eigenvalue weighted by Gasteiger charge is -2.02. The van der Waals surface area contributed by atoms with Crippen molar-refractivity contribution >= 4 is 11.9 Å². The molecule has 3 heteroatoms. The Morgan fingerprint density at radius 2 is 1.81 bits per heavy atom. The summed E-state index contributed by atoms with van der Waals surface area (Å²) in [5.74, 6) is 1.74. The van der Waals surface area contributed by atoms with Gasteiger partial charge >= 0.3 is 0 Å². The quantitative estimate of drug-likeness (QED) is 0.782. The summed E-state index contributed by atoms with van der Waals surface area (Å²) in [7, 11) is 1.62. The number of allylic oxidation sites excluding steroid dienone is 1. The van der Waals surface area contributed by atoms with E-state index in [0.29, 0.717) is 17.1 Å². The summed E-state index contributed by atoms with van der Waals surface area (Å²) in [6.45, 7) is 3.93. The second kappa shape index (κ2) is 5.09. The van der Waals surface area contributed by atoms with Crippen molar-refractivity contribution in [1.82, 2.24) is 0 Å². The van der Waals surface area contributed by atoms with Gasteiger partial charge in [0.1, 0.15) is 11.5 Å². The molecule has 0 unspecified atom stereocenters. The van der Waals surface area contributed by atoms with Crippen LogP contribution in [0, 0.1) is 13.8 Å². The normalized spacial score (nSPS) is 15.0. The Morgan fingerprint density at radius 3 is 2.48 bits per heavy atom. The van der Waals surface area contributed by atoms with Gasteiger partial charge in [-0.2, -0.15) is 0 Å². The van der Waals surface area contributed by atoms with E-state index in [1.165, 1.54) is 0 Å². The molecule has 0 amide bonds. The van der Waals surface area contributed by atoms with Crippen LogP contribution in [-0.4, -0.2) is 12.9 Å². The van der Waals surface area contributed by atoms with Gasteiger partial charge in [-0.3, -0.25) is 4.79 Å². The standard InChI is InChI=1S/C18H16O3/c1-11-8-12(2)17-15(9-11)21-16(18(17)19)10-13-4-6-14(20-3)7-5-13/h4-10H,1-3H3/b16-10-. The minimum atomic E-state index is -0.0571. The van der Waals surface area contributed by atoms with Crippen LogP contribution in [0.5, 0.6) is 11.5 Å². The second-order valence-electron chi connectivity index (χ2n) is 5.17. The van der Waals surface area contributed by atoms with Crippen molar-refractivity contribution in [3.05, 3.63) is 64.4 Å². The molecule has 0 saturated heterocycles. The number of hydrogen-bond donors (Lipinski definition) is 0. The van der Waals surface area contributed by atoms with Gasteiger partial charge in [-0.05, 0) is 54.8 Å². The second-order valence-corrected chi connectivity index (χ2v) is 5.17. The molecule has 2 aromatic rings. The number of ketones is 1. The van der Waals surface area contributed by atoms with Gasteiger partial charge in [0.2, 0.25) is 5.78 Å². The SMILES string of the molecule is COc1ccc(/C=C2\Oc3cc(C)cc(C)c3C2=O)cc1. The number of ether oxygens (including phenoxy) is 2. The number of carbonyl (C=O) groups excluding carboxylic acids is 1. The van der Waals surface area contributed by atoms with E-state index >= 15 is 0 Å². The molecule has 106 valence electrons. The Morgan fingerprint density at radius 1 is 1.10 bits per heavy atom. The first-order chi connectivity index (χ1) is 10.1. The van der Waals surface area contributed by atoms with E-state index < -0.39 is 0 Å². The molecule has 21 heavy (non-hydrogen) atoms. The van der Waals surface area contributed by atoms with Crippen molar-refractivity contribution in [3.63, 3.8) is 0 Å². The molecule has 3 nitrogen and oxygen atoms in total. The predicted octanol–water partition coefficient (Wildman–Crippen LogP) is 3.93. The topological polar surface area (TPSA) is 35.5 Å². The summed E-state index contributed by atoms with van der Waals surface area (Å²) in [6.07, 6.45) is 1.76. The third-order valence-corrected chi connectivity index (χ3v) is 3.53. The average Bonchev–Trinajstić information content (AvgIpc) is 2.76. The van der Waals surface area contributed by atoms with Crippen molar-refractivity contribution in [2.75, 3.05) is 7.11 Å². The van der Waals surface area contributed by atoms with Crippen LogP contribution in [0.3, 0.4) is 0 Å². The number of fused-ring (bicyclic) bond motifs is 1. The van der Waals surface area contributed by atoms with Crippen LogP contribution in [0.15, 0.2) is 42.2 Å². The van der Waals surface area contributed by atoms with Gasteiger partial charge in [-0.25, -0.2) is 0 Å². The zero-order valence-corrected chi connectivity index (χ0v) is 12.3. The van der Waals surface area contributed by atoms with E-state index in [0.717, 1.165) is 22.4 Å². The molecule has 0 N–H and O–H groups in total. The van der Waals surface area contributed by atoms with Gasteiger partial charge in [-0.1, -0.05) is 18.2 Å². The Balaban J connectivity index is 1.96. The maximum Gasteiger partial charge on any atom is 0.232 e. The maximum atomic E-state index is 12.4. The molecule has 0 spiro atoms. The summed E-state index contributed by atoms with van der Waals surface area (Å²) in [4.78, 5) is 12.4. The van der Waals surface area contributed by atoms with Gasteiger partial charge in [0.05, 0.1) is 12.7 Å². The summed E-state index contributed by atoms with van der Waals surface area (Å²) >= 11 is 0. The number of Topliss-reactive ketones (excluding diaryl/α,β-unsaturated/α-hetero) is 1. The first-order valence-electron chi connectivity index (χ1n) is 6.78. The molecular weight excluding hydrogens is 264 g/mol. The maximum absolute atomic E-state index is 12.4. The predicted molar refractivity (Wildman–Crippen MR) is 81.8 cm³/mol. The fraction of sp³-hybridized carbons (Fsp3) is 0.167. The Labute approximate surface area is 123 Å². The van der Waals surface area contributed by atoms with E-state index in [2.05, 4.69) is 0 Å². The highest BCUT2D eigenvalue weighted by Crippen LogP contribution is 2.35. The van der Waals surface area contributed by atoms with Crippen LogP contribution < -0.4 is 9.47 Å². The molecule has 0 aromatic heterocycles. The van der Waals surface area contributed by atoms with Gasteiger partial charge in [-0.15, -0.1) is 0 Å². The average molecular weight is 280 g/mol. The van der Waals surface area contributed by atoms with Gasteiger partial charge < -0.3 is 9.47 Å². The molecule has 0 atom stereocenters. The van der Waals surface area contributed by atoms with Crippen LogP contribution in [-0.2, 0) is 0 Å². The minimum Gasteiger partial charge on any atom is -0.497 e. The Kier molecular flexibility index (Phi) is 3.26. The van der Waals surface area contributed by atoms with Crippen molar-refractivity contribution in [3.8, 4) is 11.5 Å². The van der Waals surface area contributed by atoms with E-state index in [1.54, 1.807) is 13.2 Å². The fourth-order valence-electron chi connectivity index (χ4n) is 2.53. The molecule has 1 aliphatic rings. The van der Waals surface area contributed by atoms with Crippen LogP contribution >= 0.6 is 0 Å². The number of methoxy groups -OCH3 is 1. The highest BCUT2D eigenvalue weighted by Gasteiger charge is 2.29. The molecule has 0 fully saturated rings. The minimum absolute atomic E-state index is 0.0571. The largest absolute Gasteiger partial charge is 0.497 e. The zero-order valence-electron chi connectivity index (χ0n) is 12.3. The molecule has 0 saturated carbocycles. The third-order valence-electron chi connectivity index (χ3n) is 3.53. The molecule has 1 aliphatic heterocycles. The number of hydrogen-bond acceptors (Lipinski definition) is 3. The molecular formula is C18H16O3. The van der Waals surface area contributed by atoms with Crippen LogP contribution in [0.2, 0.25) is 0 Å². The zero-order chi connectivity index (χ0) is 15.0. The van der Waals surface area contributed by atoms with Gasteiger partial charge in [0, 0.05) is 0 Å². The van der Waals surface area contributed by atoms with E-state index in [1.807, 2.05) is 50.2 Å². The van der Waals surface area contributed by atoms with Crippen molar-refractivity contribution < 1.29 is 14.3 Å².